The molecule has 0 aliphatic carbocycles. The molecule has 0 heterocycles. The highest BCUT2D eigenvalue weighted by Crippen LogP contribution is 2.27. The molecule has 72 valence electrons. The summed E-state index contributed by atoms with van der Waals surface area (Å²) in [5, 5.41) is 8.53. The molecule has 1 aromatic rings. The van der Waals surface area contributed by atoms with Crippen LogP contribution in [-0.4, -0.2) is 5.75 Å². The largest absolute Gasteiger partial charge is 0.197 e. The molecule has 0 fully saturated rings. The normalized spacial score (nSPS) is 11.0. The fourth-order valence-electron chi connectivity index (χ4n) is 1.16. The van der Waals surface area contributed by atoms with Crippen molar-refractivity contribution in [2.75, 3.05) is 5.75 Å². The molecule has 0 amide bonds. The summed E-state index contributed by atoms with van der Waals surface area (Å²) in [7, 11) is 0. The van der Waals surface area contributed by atoms with Gasteiger partial charge in [0.05, 0.1) is 11.8 Å². The van der Waals surface area contributed by atoms with E-state index in [1.165, 1.54) is 10.5 Å². The number of nitrogens with zero attached hydrogens (tertiary/aromatic N) is 1. The minimum atomic E-state index is 0.515. The predicted molar refractivity (Wildman–Crippen MR) is 62.8 cm³/mol. The van der Waals surface area contributed by atoms with Gasteiger partial charge in [0.25, 0.3) is 0 Å². The van der Waals surface area contributed by atoms with Crippen LogP contribution in [-0.2, 0) is 0 Å². The lowest BCUT2D eigenvalue weighted by atomic mass is 10.2. The van der Waals surface area contributed by atoms with Crippen LogP contribution >= 0.6 is 11.8 Å². The van der Waals surface area contributed by atoms with E-state index in [2.05, 4.69) is 31.2 Å². The molecule has 14 heavy (non-hydrogen) atoms. The highest BCUT2D eigenvalue weighted by Gasteiger charge is 1.99. The maximum atomic E-state index is 8.53. The number of rotatable bonds is 4. The summed E-state index contributed by atoms with van der Waals surface area (Å²) in [6.07, 6.45) is 3.17. The molecule has 0 spiro atoms. The number of benzene rings is 1. The van der Waals surface area contributed by atoms with Crippen LogP contribution in [0.25, 0.3) is 4.91 Å². The van der Waals surface area contributed by atoms with Crippen molar-refractivity contribution in [2.24, 2.45) is 0 Å². The van der Waals surface area contributed by atoms with Gasteiger partial charge >= 0.3 is 0 Å². The van der Waals surface area contributed by atoms with Gasteiger partial charge in [0.1, 0.15) is 0 Å². The van der Waals surface area contributed by atoms with E-state index in [0.29, 0.717) is 5.75 Å². The number of nitriles is 1. The minimum Gasteiger partial charge on any atom is -0.197 e. The Bertz CT molecular complexity index is 335. The molecule has 0 atom stereocenters. The van der Waals surface area contributed by atoms with Gasteiger partial charge in [-0.25, -0.2) is 0 Å². The molecule has 2 heteroatoms. The predicted octanol–water partition coefficient (Wildman–Crippen LogP) is 3.69. The van der Waals surface area contributed by atoms with E-state index in [1.807, 2.05) is 18.2 Å². The van der Waals surface area contributed by atoms with Crippen LogP contribution in [0, 0.1) is 11.3 Å². The van der Waals surface area contributed by atoms with Crippen LogP contribution in [0.1, 0.15) is 18.9 Å². The van der Waals surface area contributed by atoms with Crippen LogP contribution in [0.15, 0.2) is 36.4 Å². The SMILES string of the molecule is CC/C=C(\SCC#N)c1ccccc1. The van der Waals surface area contributed by atoms with E-state index in [4.69, 9.17) is 5.26 Å². The average Bonchev–Trinajstić information content (AvgIpc) is 2.25. The van der Waals surface area contributed by atoms with E-state index in [9.17, 15) is 0 Å². The van der Waals surface area contributed by atoms with E-state index in [-0.39, 0.29) is 0 Å². The lowest BCUT2D eigenvalue weighted by molar-refractivity contribution is 1.23. The van der Waals surface area contributed by atoms with Gasteiger partial charge in [0.15, 0.2) is 0 Å². The molecule has 1 nitrogen and oxygen atoms in total. The van der Waals surface area contributed by atoms with Crippen LogP contribution < -0.4 is 0 Å². The Kier molecular flexibility index (Phi) is 4.88. The Morgan fingerprint density at radius 2 is 2.14 bits per heavy atom. The third-order valence-electron chi connectivity index (χ3n) is 1.74. The van der Waals surface area contributed by atoms with Crippen LogP contribution in [0.3, 0.4) is 0 Å². The Balaban J connectivity index is 2.80. The highest BCUT2D eigenvalue weighted by atomic mass is 32.2. The number of hydrogen-bond acceptors (Lipinski definition) is 2. The van der Waals surface area contributed by atoms with Gasteiger partial charge in [-0.05, 0) is 12.0 Å². The Hall–Kier alpha value is -1.20. The number of hydrogen-bond donors (Lipinski definition) is 0. The van der Waals surface area contributed by atoms with Crippen molar-refractivity contribution >= 4 is 16.7 Å². The zero-order valence-corrected chi connectivity index (χ0v) is 9.05. The van der Waals surface area contributed by atoms with Gasteiger partial charge in [-0.2, -0.15) is 5.26 Å². The molecule has 0 aliphatic rings. The molecular formula is C12H13NS. The molecular weight excluding hydrogens is 190 g/mol. The second-order valence-corrected chi connectivity index (χ2v) is 3.81. The van der Waals surface area contributed by atoms with Crippen molar-refractivity contribution in [1.29, 1.82) is 5.26 Å². The maximum absolute atomic E-state index is 8.53. The lowest BCUT2D eigenvalue weighted by Crippen LogP contribution is -1.80. The molecule has 0 N–H and O–H groups in total. The first kappa shape index (κ1) is 10.9. The molecule has 0 saturated carbocycles. The minimum absolute atomic E-state index is 0.515. The van der Waals surface area contributed by atoms with Crippen LogP contribution in [0.2, 0.25) is 0 Å². The molecule has 0 unspecified atom stereocenters. The van der Waals surface area contributed by atoms with Gasteiger partial charge in [-0.15, -0.1) is 11.8 Å². The summed E-state index contributed by atoms with van der Waals surface area (Å²) < 4.78 is 0. The molecule has 1 aromatic carbocycles. The average molecular weight is 203 g/mol. The molecule has 0 radical (unpaired) electrons. The maximum Gasteiger partial charge on any atom is 0.0855 e. The first-order chi connectivity index (χ1) is 6.88. The van der Waals surface area contributed by atoms with Crippen LogP contribution in [0.4, 0.5) is 0 Å². The van der Waals surface area contributed by atoms with Gasteiger partial charge in [-0.1, -0.05) is 43.3 Å². The standard InChI is InChI=1S/C12H13NS/c1-2-6-12(14-10-9-13)11-7-4-3-5-8-11/h3-8H,2,10H2,1H3/b12-6-. The first-order valence-corrected chi connectivity index (χ1v) is 5.62. The third-order valence-corrected chi connectivity index (χ3v) is 2.73. The summed E-state index contributed by atoms with van der Waals surface area (Å²) in [5.41, 5.74) is 1.20. The smallest absolute Gasteiger partial charge is 0.0855 e. The van der Waals surface area contributed by atoms with E-state index in [0.717, 1.165) is 6.42 Å². The lowest BCUT2D eigenvalue weighted by Gasteiger charge is -2.04. The molecule has 0 aliphatic heterocycles. The van der Waals surface area contributed by atoms with E-state index < -0.39 is 0 Å². The van der Waals surface area contributed by atoms with Crippen molar-refractivity contribution in [3.63, 3.8) is 0 Å². The fourth-order valence-corrected chi connectivity index (χ4v) is 1.97. The molecule has 0 bridgehead atoms. The van der Waals surface area contributed by atoms with Crippen molar-refractivity contribution in [1.82, 2.24) is 0 Å². The first-order valence-electron chi connectivity index (χ1n) is 4.63. The Labute approximate surface area is 89.4 Å². The van der Waals surface area contributed by atoms with E-state index >= 15 is 0 Å². The zero-order chi connectivity index (χ0) is 10.2. The van der Waals surface area contributed by atoms with Crippen molar-refractivity contribution in [3.8, 4) is 6.07 Å². The zero-order valence-electron chi connectivity index (χ0n) is 8.23. The second-order valence-electron chi connectivity index (χ2n) is 2.79. The second kappa shape index (κ2) is 6.28. The van der Waals surface area contributed by atoms with Crippen molar-refractivity contribution < 1.29 is 0 Å². The quantitative estimate of drug-likeness (QED) is 0.745. The summed E-state index contributed by atoms with van der Waals surface area (Å²) in [6.45, 7) is 2.11. The third kappa shape index (κ3) is 3.27. The molecule has 0 saturated heterocycles. The van der Waals surface area contributed by atoms with Gasteiger partial charge in [0.2, 0.25) is 0 Å². The van der Waals surface area contributed by atoms with E-state index in [1.54, 1.807) is 11.8 Å². The van der Waals surface area contributed by atoms with Gasteiger partial charge in [-0.3, -0.25) is 0 Å². The molecule has 1 rings (SSSR count). The summed E-state index contributed by atoms with van der Waals surface area (Å²) in [6, 6.07) is 12.3. The molecule has 0 aromatic heterocycles. The Morgan fingerprint density at radius 1 is 1.43 bits per heavy atom. The van der Waals surface area contributed by atoms with Crippen molar-refractivity contribution in [2.45, 2.75) is 13.3 Å². The topological polar surface area (TPSA) is 23.8 Å². The number of allylic oxidation sites excluding steroid dienone is 1. The van der Waals surface area contributed by atoms with Gasteiger partial charge in [0, 0.05) is 4.91 Å². The Morgan fingerprint density at radius 3 is 2.71 bits per heavy atom. The summed E-state index contributed by atoms with van der Waals surface area (Å²) >= 11 is 1.60. The number of thioether (sulfide) groups is 1. The highest BCUT2D eigenvalue weighted by molar-refractivity contribution is 8.08. The fraction of sp³-hybridized carbons (Fsp3) is 0.250. The monoisotopic (exact) mass is 203 g/mol. The summed E-state index contributed by atoms with van der Waals surface area (Å²) in [4.78, 5) is 1.20. The van der Waals surface area contributed by atoms with Crippen LogP contribution in [0.5, 0.6) is 0 Å². The van der Waals surface area contributed by atoms with Crippen molar-refractivity contribution in [3.05, 3.63) is 42.0 Å². The van der Waals surface area contributed by atoms with Gasteiger partial charge < -0.3 is 0 Å². The summed E-state index contributed by atoms with van der Waals surface area (Å²) in [5.74, 6) is 0.515.